The summed E-state index contributed by atoms with van der Waals surface area (Å²) in [5.74, 6) is 1.23. The molecule has 3 amide bonds. The number of fused-ring (bicyclic) bond motifs is 1. The van der Waals surface area contributed by atoms with E-state index >= 15 is 0 Å². The second-order valence-electron chi connectivity index (χ2n) is 7.85. The van der Waals surface area contributed by atoms with Gasteiger partial charge in [0.2, 0.25) is 5.91 Å². The number of amides is 3. The summed E-state index contributed by atoms with van der Waals surface area (Å²) in [5, 5.41) is 5.44. The molecule has 2 aliphatic rings. The molecule has 2 aromatic carbocycles. The summed E-state index contributed by atoms with van der Waals surface area (Å²) in [5.41, 5.74) is 1.29. The summed E-state index contributed by atoms with van der Waals surface area (Å²) in [6.07, 6.45) is 2.13. The van der Waals surface area contributed by atoms with Crippen LogP contribution < -0.4 is 20.1 Å². The van der Waals surface area contributed by atoms with Crippen molar-refractivity contribution in [1.82, 2.24) is 10.2 Å². The zero-order valence-electron chi connectivity index (χ0n) is 17.2. The number of hydrogen-bond donors (Lipinski definition) is 2. The van der Waals surface area contributed by atoms with E-state index in [9.17, 15) is 14.0 Å². The SMILES string of the molecule is O=C(NCC1CCCN(C(=O)Cc2ccc3c(c2)OCCO3)C1)Nc1cccc(F)c1. The van der Waals surface area contributed by atoms with E-state index in [2.05, 4.69) is 10.6 Å². The van der Waals surface area contributed by atoms with E-state index in [0.29, 0.717) is 49.9 Å². The Bertz CT molecular complexity index is 952. The summed E-state index contributed by atoms with van der Waals surface area (Å²) in [4.78, 5) is 26.8. The van der Waals surface area contributed by atoms with Crippen LogP contribution in [-0.4, -0.2) is 49.7 Å². The van der Waals surface area contributed by atoms with Crippen molar-refractivity contribution in [3.63, 3.8) is 0 Å². The number of nitrogens with zero attached hydrogens (tertiary/aromatic N) is 1. The average molecular weight is 427 g/mol. The second kappa shape index (κ2) is 9.68. The van der Waals surface area contributed by atoms with Crippen molar-refractivity contribution >= 4 is 17.6 Å². The van der Waals surface area contributed by atoms with Gasteiger partial charge in [-0.2, -0.15) is 0 Å². The first-order valence-corrected chi connectivity index (χ1v) is 10.5. The van der Waals surface area contributed by atoms with Crippen LogP contribution in [0.25, 0.3) is 0 Å². The lowest BCUT2D eigenvalue weighted by molar-refractivity contribution is -0.132. The summed E-state index contributed by atoms with van der Waals surface area (Å²) in [7, 11) is 0. The molecule has 164 valence electrons. The van der Waals surface area contributed by atoms with Crippen LogP contribution in [0.1, 0.15) is 18.4 Å². The molecule has 8 heteroatoms. The first kappa shape index (κ1) is 21.0. The maximum atomic E-state index is 13.2. The number of urea groups is 1. The van der Waals surface area contributed by atoms with Crippen LogP contribution in [0, 0.1) is 11.7 Å². The average Bonchev–Trinajstić information content (AvgIpc) is 2.78. The van der Waals surface area contributed by atoms with Crippen molar-refractivity contribution in [3.05, 3.63) is 53.8 Å². The standard InChI is InChI=1S/C23H26FN3O4/c24-18-4-1-5-19(13-18)26-23(29)25-14-17-3-2-8-27(15-17)22(28)12-16-6-7-20-21(11-16)31-10-9-30-20/h1,4-7,11,13,17H,2-3,8-10,12,14-15H2,(H2,25,26,29). The zero-order chi connectivity index (χ0) is 21.6. The van der Waals surface area contributed by atoms with Gasteiger partial charge < -0.3 is 25.0 Å². The highest BCUT2D eigenvalue weighted by Gasteiger charge is 2.24. The molecule has 2 aliphatic heterocycles. The van der Waals surface area contributed by atoms with Crippen LogP contribution in [0.4, 0.5) is 14.9 Å². The smallest absolute Gasteiger partial charge is 0.319 e. The molecule has 7 nitrogen and oxygen atoms in total. The van der Waals surface area contributed by atoms with Crippen molar-refractivity contribution in [3.8, 4) is 11.5 Å². The first-order chi connectivity index (χ1) is 15.1. The molecule has 1 saturated heterocycles. The van der Waals surface area contributed by atoms with Gasteiger partial charge in [0.25, 0.3) is 0 Å². The molecule has 0 bridgehead atoms. The van der Waals surface area contributed by atoms with E-state index in [1.807, 2.05) is 23.1 Å². The predicted octanol–water partition coefficient (Wildman–Crippen LogP) is 3.20. The number of carbonyl (C=O) groups excluding carboxylic acids is 2. The number of halogens is 1. The summed E-state index contributed by atoms with van der Waals surface area (Å²) < 4.78 is 24.3. The van der Waals surface area contributed by atoms with Gasteiger partial charge >= 0.3 is 6.03 Å². The minimum Gasteiger partial charge on any atom is -0.486 e. The third-order valence-electron chi connectivity index (χ3n) is 5.47. The van der Waals surface area contributed by atoms with Crippen molar-refractivity contribution in [2.45, 2.75) is 19.3 Å². The lowest BCUT2D eigenvalue weighted by Gasteiger charge is -2.33. The number of ether oxygens (including phenoxy) is 2. The van der Waals surface area contributed by atoms with Gasteiger partial charge in [-0.05, 0) is 54.7 Å². The van der Waals surface area contributed by atoms with Crippen molar-refractivity contribution in [2.75, 3.05) is 38.2 Å². The fraction of sp³-hybridized carbons (Fsp3) is 0.391. The van der Waals surface area contributed by atoms with E-state index in [0.717, 1.165) is 24.9 Å². The fourth-order valence-corrected chi connectivity index (χ4v) is 3.92. The largest absolute Gasteiger partial charge is 0.486 e. The molecule has 0 aromatic heterocycles. The summed E-state index contributed by atoms with van der Waals surface area (Å²) >= 11 is 0. The van der Waals surface area contributed by atoms with Crippen LogP contribution in [0.2, 0.25) is 0 Å². The number of anilines is 1. The minimum absolute atomic E-state index is 0.0607. The van der Waals surface area contributed by atoms with E-state index in [1.165, 1.54) is 18.2 Å². The Morgan fingerprint density at radius 3 is 2.77 bits per heavy atom. The Morgan fingerprint density at radius 1 is 1.10 bits per heavy atom. The van der Waals surface area contributed by atoms with Gasteiger partial charge in [0, 0.05) is 25.3 Å². The predicted molar refractivity (Wildman–Crippen MR) is 114 cm³/mol. The van der Waals surface area contributed by atoms with Crippen molar-refractivity contribution in [1.29, 1.82) is 0 Å². The second-order valence-corrected chi connectivity index (χ2v) is 7.85. The molecule has 2 heterocycles. The van der Waals surface area contributed by atoms with Crippen LogP contribution in [0.3, 0.4) is 0 Å². The van der Waals surface area contributed by atoms with Gasteiger partial charge in [-0.25, -0.2) is 9.18 Å². The number of benzene rings is 2. The monoisotopic (exact) mass is 427 g/mol. The molecular weight excluding hydrogens is 401 g/mol. The molecule has 0 saturated carbocycles. The van der Waals surface area contributed by atoms with Crippen molar-refractivity contribution in [2.24, 2.45) is 5.92 Å². The van der Waals surface area contributed by atoms with E-state index < -0.39 is 5.82 Å². The molecule has 31 heavy (non-hydrogen) atoms. The van der Waals surface area contributed by atoms with Gasteiger partial charge in [0.1, 0.15) is 19.0 Å². The highest BCUT2D eigenvalue weighted by Crippen LogP contribution is 2.31. The van der Waals surface area contributed by atoms with Gasteiger partial charge in [-0.15, -0.1) is 0 Å². The fourth-order valence-electron chi connectivity index (χ4n) is 3.92. The summed E-state index contributed by atoms with van der Waals surface area (Å²) in [6.45, 7) is 2.82. The molecule has 0 radical (unpaired) electrons. The van der Waals surface area contributed by atoms with Gasteiger partial charge in [-0.3, -0.25) is 4.79 Å². The number of likely N-dealkylation sites (tertiary alicyclic amines) is 1. The minimum atomic E-state index is -0.405. The van der Waals surface area contributed by atoms with Crippen LogP contribution >= 0.6 is 0 Å². The highest BCUT2D eigenvalue weighted by molar-refractivity contribution is 5.89. The molecule has 1 fully saturated rings. The Kier molecular flexibility index (Phi) is 6.54. The molecule has 4 rings (SSSR count). The zero-order valence-corrected chi connectivity index (χ0v) is 17.2. The number of carbonyl (C=O) groups is 2. The van der Waals surface area contributed by atoms with E-state index in [4.69, 9.17) is 9.47 Å². The normalized spacial score (nSPS) is 17.7. The maximum Gasteiger partial charge on any atom is 0.319 e. The molecule has 2 aromatic rings. The van der Waals surface area contributed by atoms with E-state index in [-0.39, 0.29) is 17.9 Å². The Hall–Kier alpha value is -3.29. The van der Waals surface area contributed by atoms with Gasteiger partial charge in [-0.1, -0.05) is 12.1 Å². The molecule has 0 spiro atoms. The third kappa shape index (κ3) is 5.65. The number of nitrogens with one attached hydrogen (secondary N) is 2. The molecule has 2 N–H and O–H groups in total. The Balaban J connectivity index is 1.26. The molecule has 1 unspecified atom stereocenters. The van der Waals surface area contributed by atoms with Crippen LogP contribution in [-0.2, 0) is 11.2 Å². The molecule has 1 atom stereocenters. The highest BCUT2D eigenvalue weighted by atomic mass is 19.1. The van der Waals surface area contributed by atoms with Crippen molar-refractivity contribution < 1.29 is 23.5 Å². The third-order valence-corrected chi connectivity index (χ3v) is 5.47. The van der Waals surface area contributed by atoms with E-state index in [1.54, 1.807) is 6.07 Å². The molecular formula is C23H26FN3O4. The lowest BCUT2D eigenvalue weighted by Crippen LogP contribution is -2.44. The number of piperidine rings is 1. The summed E-state index contributed by atoms with van der Waals surface area (Å²) in [6, 6.07) is 11.0. The lowest BCUT2D eigenvalue weighted by atomic mass is 9.97. The first-order valence-electron chi connectivity index (χ1n) is 10.5. The number of rotatable bonds is 5. The van der Waals surface area contributed by atoms with Gasteiger partial charge in [0.05, 0.1) is 6.42 Å². The maximum absolute atomic E-state index is 13.2. The topological polar surface area (TPSA) is 79.9 Å². The Labute approximate surface area is 180 Å². The van der Waals surface area contributed by atoms with Crippen LogP contribution in [0.5, 0.6) is 11.5 Å². The quantitative estimate of drug-likeness (QED) is 0.768. The van der Waals surface area contributed by atoms with Crippen LogP contribution in [0.15, 0.2) is 42.5 Å². The van der Waals surface area contributed by atoms with Gasteiger partial charge in [0.15, 0.2) is 11.5 Å². The molecule has 0 aliphatic carbocycles. The number of hydrogen-bond acceptors (Lipinski definition) is 4. The Morgan fingerprint density at radius 2 is 1.94 bits per heavy atom.